The van der Waals surface area contributed by atoms with Crippen LogP contribution < -0.4 is 14.5 Å². The Hall–Kier alpha value is -4.37. The zero-order valence-corrected chi connectivity index (χ0v) is 24.0. The molecule has 0 N–H and O–H groups in total. The number of amides is 2. The molecule has 3 aromatic rings. The molecular weight excluding hydrogens is 536 g/mol. The predicted octanol–water partition coefficient (Wildman–Crippen LogP) is 5.11. The van der Waals surface area contributed by atoms with Gasteiger partial charge in [0.15, 0.2) is 11.0 Å². The number of carbonyl (C=O) groups is 3. The van der Waals surface area contributed by atoms with E-state index in [1.165, 1.54) is 11.8 Å². The minimum absolute atomic E-state index is 0.00357. The van der Waals surface area contributed by atoms with Crippen molar-refractivity contribution < 1.29 is 19.1 Å². The Morgan fingerprint density at radius 3 is 2.27 bits per heavy atom. The van der Waals surface area contributed by atoms with Crippen LogP contribution in [0.3, 0.4) is 0 Å². The number of aliphatic imine (C=N–C) groups is 1. The first-order valence-electron chi connectivity index (χ1n) is 13.6. The second kappa shape index (κ2) is 12.9. The Labute approximate surface area is 244 Å². The van der Waals surface area contributed by atoms with Crippen molar-refractivity contribution in [2.75, 3.05) is 48.3 Å². The summed E-state index contributed by atoms with van der Waals surface area (Å²) in [6, 6.07) is 24.5. The van der Waals surface area contributed by atoms with Crippen LogP contribution >= 0.6 is 11.8 Å². The van der Waals surface area contributed by atoms with Gasteiger partial charge in [-0.15, -0.1) is 0 Å². The summed E-state index contributed by atoms with van der Waals surface area (Å²) in [5.41, 5.74) is 3.49. The molecule has 0 unspecified atom stereocenters. The van der Waals surface area contributed by atoms with Crippen molar-refractivity contribution in [3.05, 3.63) is 95.7 Å². The van der Waals surface area contributed by atoms with Gasteiger partial charge in [-0.2, -0.15) is 0 Å². The quantitative estimate of drug-likeness (QED) is 0.277. The molecular formula is C32H32N4O4S. The highest BCUT2D eigenvalue weighted by atomic mass is 32.2. The highest BCUT2D eigenvalue weighted by Gasteiger charge is 2.33. The highest BCUT2D eigenvalue weighted by Crippen LogP contribution is 2.31. The third-order valence-corrected chi connectivity index (χ3v) is 7.87. The lowest BCUT2D eigenvalue weighted by atomic mass is 10.1. The largest absolute Gasteiger partial charge is 0.493 e. The summed E-state index contributed by atoms with van der Waals surface area (Å²) >= 11 is 1.27. The van der Waals surface area contributed by atoms with Crippen molar-refractivity contribution in [2.24, 2.45) is 4.99 Å². The average molecular weight is 569 g/mol. The van der Waals surface area contributed by atoms with Gasteiger partial charge >= 0.3 is 0 Å². The molecule has 2 aliphatic heterocycles. The summed E-state index contributed by atoms with van der Waals surface area (Å²) in [5.74, 6) is 0.653. The van der Waals surface area contributed by atoms with E-state index in [4.69, 9.17) is 4.74 Å². The van der Waals surface area contributed by atoms with Gasteiger partial charge in [0, 0.05) is 43.0 Å². The molecule has 210 valence electrons. The number of hydrogen-bond donors (Lipinski definition) is 0. The van der Waals surface area contributed by atoms with Crippen LogP contribution in [0.1, 0.15) is 29.8 Å². The zero-order valence-electron chi connectivity index (χ0n) is 23.2. The number of ether oxygens (including phenoxy) is 1. The third-order valence-electron chi connectivity index (χ3n) is 6.95. The van der Waals surface area contributed by atoms with Gasteiger partial charge in [-0.3, -0.25) is 19.3 Å². The van der Waals surface area contributed by atoms with Crippen molar-refractivity contribution >= 4 is 52.0 Å². The number of hydrogen-bond acceptors (Lipinski definition) is 7. The van der Waals surface area contributed by atoms with E-state index in [9.17, 15) is 14.4 Å². The summed E-state index contributed by atoms with van der Waals surface area (Å²) in [6.07, 6.45) is 1.74. The molecule has 1 saturated heterocycles. The van der Waals surface area contributed by atoms with E-state index in [1.54, 1.807) is 17.9 Å². The van der Waals surface area contributed by atoms with Crippen LogP contribution in [0, 0.1) is 0 Å². The summed E-state index contributed by atoms with van der Waals surface area (Å²) in [5, 5.41) is 0.471. The number of para-hydroxylation sites is 2. The van der Waals surface area contributed by atoms with E-state index >= 15 is 0 Å². The summed E-state index contributed by atoms with van der Waals surface area (Å²) in [4.78, 5) is 48.6. The molecule has 0 saturated carbocycles. The second-order valence-electron chi connectivity index (χ2n) is 9.63. The second-order valence-corrected chi connectivity index (χ2v) is 10.6. The number of ketones is 1. The lowest BCUT2D eigenvalue weighted by Crippen LogP contribution is -2.49. The molecule has 2 aliphatic rings. The Bertz CT molecular complexity index is 1480. The molecule has 0 bridgehead atoms. The molecule has 0 radical (unpaired) electrons. The van der Waals surface area contributed by atoms with Gasteiger partial charge in [0.1, 0.15) is 11.4 Å². The standard InChI is InChI=1S/C32H32N4O4S/c1-3-40-29-12-8-7-9-25(29)21-28-31(39)36(27-10-5-4-6-11-27)32(33-28)41-22-30(38)35-19-17-34(18-20-35)26-15-13-24(14-16-26)23(2)37/h4-16,21H,3,17-20,22H2,1-2H3/b28-21+. The van der Waals surface area contributed by atoms with Crippen LogP contribution in [0.2, 0.25) is 0 Å². The van der Waals surface area contributed by atoms with Crippen LogP contribution in [0.15, 0.2) is 89.6 Å². The molecule has 0 atom stereocenters. The lowest BCUT2D eigenvalue weighted by molar-refractivity contribution is -0.128. The number of anilines is 2. The van der Waals surface area contributed by atoms with E-state index in [0.29, 0.717) is 60.7 Å². The monoisotopic (exact) mass is 568 g/mol. The Kier molecular flexibility index (Phi) is 8.84. The van der Waals surface area contributed by atoms with Gasteiger partial charge < -0.3 is 14.5 Å². The van der Waals surface area contributed by atoms with Crippen molar-refractivity contribution in [1.29, 1.82) is 0 Å². The third kappa shape index (κ3) is 6.52. The number of carbonyl (C=O) groups excluding carboxylic acids is 3. The number of amidine groups is 1. The minimum atomic E-state index is -0.248. The first-order valence-corrected chi connectivity index (χ1v) is 14.6. The van der Waals surface area contributed by atoms with Crippen LogP contribution in [0.4, 0.5) is 11.4 Å². The van der Waals surface area contributed by atoms with E-state index < -0.39 is 0 Å². The summed E-state index contributed by atoms with van der Waals surface area (Å²) in [6.45, 7) is 6.59. The molecule has 8 nitrogen and oxygen atoms in total. The zero-order chi connectivity index (χ0) is 28.8. The summed E-state index contributed by atoms with van der Waals surface area (Å²) < 4.78 is 5.73. The molecule has 1 fully saturated rings. The van der Waals surface area contributed by atoms with Crippen molar-refractivity contribution in [3.63, 3.8) is 0 Å². The van der Waals surface area contributed by atoms with E-state index in [0.717, 1.165) is 11.3 Å². The number of thioether (sulfide) groups is 1. The Morgan fingerprint density at radius 1 is 0.902 bits per heavy atom. The molecule has 0 spiro atoms. The molecule has 0 aromatic heterocycles. The van der Waals surface area contributed by atoms with Gasteiger partial charge in [0.25, 0.3) is 5.91 Å². The minimum Gasteiger partial charge on any atom is -0.493 e. The number of benzene rings is 3. The maximum Gasteiger partial charge on any atom is 0.283 e. The van der Waals surface area contributed by atoms with E-state index in [1.807, 2.05) is 90.7 Å². The van der Waals surface area contributed by atoms with E-state index in [2.05, 4.69) is 9.89 Å². The number of rotatable bonds is 8. The van der Waals surface area contributed by atoms with Gasteiger partial charge in [-0.25, -0.2) is 4.99 Å². The first-order chi connectivity index (χ1) is 19.9. The first kappa shape index (κ1) is 28.2. The number of Topliss-reactive ketones (excluding diaryl/α,β-unsaturated/α-hetero) is 1. The van der Waals surface area contributed by atoms with Crippen molar-refractivity contribution in [3.8, 4) is 5.75 Å². The van der Waals surface area contributed by atoms with Gasteiger partial charge in [-0.1, -0.05) is 48.2 Å². The fraction of sp³-hybridized carbons (Fsp3) is 0.250. The maximum absolute atomic E-state index is 13.5. The molecule has 5 rings (SSSR count). The van der Waals surface area contributed by atoms with Crippen molar-refractivity contribution in [2.45, 2.75) is 13.8 Å². The highest BCUT2D eigenvalue weighted by molar-refractivity contribution is 8.14. The van der Waals surface area contributed by atoms with Crippen LogP contribution in [-0.2, 0) is 9.59 Å². The molecule has 2 heterocycles. The molecule has 41 heavy (non-hydrogen) atoms. The van der Waals surface area contributed by atoms with Crippen LogP contribution in [0.5, 0.6) is 5.75 Å². The fourth-order valence-corrected chi connectivity index (χ4v) is 5.69. The van der Waals surface area contributed by atoms with Crippen LogP contribution in [0.25, 0.3) is 6.08 Å². The van der Waals surface area contributed by atoms with Crippen molar-refractivity contribution in [1.82, 2.24) is 4.90 Å². The summed E-state index contributed by atoms with van der Waals surface area (Å²) in [7, 11) is 0. The smallest absolute Gasteiger partial charge is 0.283 e. The van der Waals surface area contributed by atoms with E-state index in [-0.39, 0.29) is 23.4 Å². The fourth-order valence-electron chi connectivity index (χ4n) is 4.77. The normalized spacial score (nSPS) is 16.2. The topological polar surface area (TPSA) is 82.5 Å². The molecule has 0 aliphatic carbocycles. The molecule has 3 aromatic carbocycles. The average Bonchev–Trinajstić information content (AvgIpc) is 3.31. The SMILES string of the molecule is CCOc1ccccc1/C=C1/N=C(SCC(=O)N2CCN(c3ccc(C(C)=O)cc3)CC2)N(c2ccccc2)C1=O. The van der Waals surface area contributed by atoms with Gasteiger partial charge in [0.05, 0.1) is 18.0 Å². The Morgan fingerprint density at radius 2 is 1.59 bits per heavy atom. The van der Waals surface area contributed by atoms with Gasteiger partial charge in [0.2, 0.25) is 5.91 Å². The maximum atomic E-state index is 13.5. The molecule has 2 amide bonds. The predicted molar refractivity (Wildman–Crippen MR) is 165 cm³/mol. The molecule has 9 heteroatoms. The number of piperazine rings is 1. The number of nitrogens with zero attached hydrogens (tertiary/aromatic N) is 4. The Balaban J connectivity index is 1.27. The van der Waals surface area contributed by atoms with Gasteiger partial charge in [-0.05, 0) is 62.4 Å². The lowest BCUT2D eigenvalue weighted by Gasteiger charge is -2.36. The van der Waals surface area contributed by atoms with Crippen LogP contribution in [-0.4, -0.2) is 66.2 Å².